The number of ether oxygens (including phenoxy) is 2. The van der Waals surface area contributed by atoms with Crippen LogP contribution < -0.4 is 0 Å². The minimum Gasteiger partial charge on any atom is -0.496 e. The van der Waals surface area contributed by atoms with Gasteiger partial charge >= 0.3 is 5.97 Å². The molecule has 2 aliphatic heterocycles. The lowest BCUT2D eigenvalue weighted by Gasteiger charge is -2.34. The van der Waals surface area contributed by atoms with E-state index in [2.05, 4.69) is 0 Å². The maximum absolute atomic E-state index is 12.4. The highest BCUT2D eigenvalue weighted by Gasteiger charge is 2.55. The molecule has 2 fully saturated rings. The number of allylic oxidation sites excluding steroid dienone is 1. The molecule has 0 radical (unpaired) electrons. The minimum absolute atomic E-state index is 0.0870. The fraction of sp³-hybridized carbons (Fsp3) is 0.375. The number of rotatable bonds is 1. The molecular weight excluding hydrogens is 256 g/mol. The van der Waals surface area contributed by atoms with Crippen molar-refractivity contribution in [1.82, 2.24) is 0 Å². The number of cyclic esters (lactones) is 1. The van der Waals surface area contributed by atoms with Crippen molar-refractivity contribution in [3.8, 4) is 0 Å². The van der Waals surface area contributed by atoms with Gasteiger partial charge in [-0.05, 0) is 12.0 Å². The van der Waals surface area contributed by atoms with Gasteiger partial charge in [0, 0.05) is 6.42 Å². The van der Waals surface area contributed by atoms with Crippen LogP contribution in [0.3, 0.4) is 0 Å². The lowest BCUT2D eigenvalue weighted by Crippen LogP contribution is -2.38. The van der Waals surface area contributed by atoms with Gasteiger partial charge < -0.3 is 9.47 Å². The molecule has 4 nitrogen and oxygen atoms in total. The van der Waals surface area contributed by atoms with E-state index in [1.54, 1.807) is 0 Å². The van der Waals surface area contributed by atoms with E-state index in [-0.39, 0.29) is 18.4 Å². The highest BCUT2D eigenvalue weighted by Crippen LogP contribution is 2.51. The Balaban J connectivity index is 1.95. The Kier molecular flexibility index (Phi) is 2.31. The molecule has 102 valence electrons. The van der Waals surface area contributed by atoms with E-state index in [9.17, 15) is 9.59 Å². The van der Waals surface area contributed by atoms with Gasteiger partial charge in [-0.25, -0.2) is 4.79 Å². The summed E-state index contributed by atoms with van der Waals surface area (Å²) in [6.45, 7) is 0.714. The highest BCUT2D eigenvalue weighted by atomic mass is 16.5. The molecule has 20 heavy (non-hydrogen) atoms. The van der Waals surface area contributed by atoms with Gasteiger partial charge in [0.1, 0.15) is 18.1 Å². The van der Waals surface area contributed by atoms with Crippen LogP contribution in [-0.4, -0.2) is 25.0 Å². The molecule has 1 aromatic rings. The van der Waals surface area contributed by atoms with Gasteiger partial charge in [-0.15, -0.1) is 0 Å². The van der Waals surface area contributed by atoms with Crippen molar-refractivity contribution in [2.45, 2.75) is 18.3 Å². The zero-order chi connectivity index (χ0) is 13.7. The summed E-state index contributed by atoms with van der Waals surface area (Å²) < 4.78 is 10.8. The Labute approximate surface area is 116 Å². The Morgan fingerprint density at radius 2 is 1.90 bits per heavy atom. The number of benzene rings is 1. The van der Waals surface area contributed by atoms with Crippen LogP contribution in [0.25, 0.3) is 0 Å². The SMILES string of the molecule is O=C1OC[C@@H]2C(=O)C[C@]3(c4ccccc4)CCOC3=C12. The lowest BCUT2D eigenvalue weighted by atomic mass is 9.66. The van der Waals surface area contributed by atoms with Crippen molar-refractivity contribution in [2.75, 3.05) is 13.2 Å². The molecule has 0 saturated carbocycles. The standard InChI is InChI=1S/C16H14O4/c17-12-8-16(10-4-2-1-3-5-10)6-7-19-14(16)13-11(12)9-20-15(13)18/h1-5,11H,6-9H2/t11-,16+/m1/s1. The molecule has 0 bridgehead atoms. The first-order valence-electron chi connectivity index (χ1n) is 6.85. The molecule has 4 rings (SSSR count). The summed E-state index contributed by atoms with van der Waals surface area (Å²) in [5.74, 6) is -0.0487. The van der Waals surface area contributed by atoms with Gasteiger partial charge in [-0.3, -0.25) is 4.79 Å². The Bertz CT molecular complexity index is 631. The van der Waals surface area contributed by atoms with Crippen molar-refractivity contribution in [1.29, 1.82) is 0 Å². The number of Topliss-reactive ketones (excluding diaryl/α,β-unsaturated/α-hetero) is 1. The molecule has 3 aliphatic rings. The summed E-state index contributed by atoms with van der Waals surface area (Å²) >= 11 is 0. The van der Waals surface area contributed by atoms with Crippen LogP contribution >= 0.6 is 0 Å². The van der Waals surface area contributed by atoms with Crippen LogP contribution in [0.2, 0.25) is 0 Å². The molecule has 2 atom stereocenters. The zero-order valence-corrected chi connectivity index (χ0v) is 10.9. The van der Waals surface area contributed by atoms with E-state index >= 15 is 0 Å². The number of ketones is 1. The molecule has 2 heterocycles. The van der Waals surface area contributed by atoms with Gasteiger partial charge in [0.25, 0.3) is 0 Å². The van der Waals surface area contributed by atoms with Crippen molar-refractivity contribution in [2.24, 2.45) is 5.92 Å². The Morgan fingerprint density at radius 1 is 1.10 bits per heavy atom. The number of hydrogen-bond donors (Lipinski definition) is 0. The topological polar surface area (TPSA) is 52.6 Å². The molecule has 1 aromatic carbocycles. The second kappa shape index (κ2) is 3.95. The maximum atomic E-state index is 12.4. The lowest BCUT2D eigenvalue weighted by molar-refractivity contribution is -0.135. The van der Waals surface area contributed by atoms with Crippen molar-refractivity contribution < 1.29 is 19.1 Å². The second-order valence-electron chi connectivity index (χ2n) is 5.58. The monoisotopic (exact) mass is 270 g/mol. The maximum Gasteiger partial charge on any atom is 0.338 e. The molecule has 0 N–H and O–H groups in total. The first-order chi connectivity index (χ1) is 9.72. The molecular formula is C16H14O4. The smallest absolute Gasteiger partial charge is 0.338 e. The molecule has 0 unspecified atom stereocenters. The van der Waals surface area contributed by atoms with E-state index in [0.717, 1.165) is 12.0 Å². The number of carbonyl (C=O) groups is 2. The van der Waals surface area contributed by atoms with Crippen LogP contribution in [0.15, 0.2) is 41.7 Å². The molecule has 2 saturated heterocycles. The Hall–Kier alpha value is -2.10. The molecule has 0 aromatic heterocycles. The van der Waals surface area contributed by atoms with Crippen molar-refractivity contribution in [3.05, 3.63) is 47.2 Å². The summed E-state index contributed by atoms with van der Waals surface area (Å²) in [6, 6.07) is 9.86. The second-order valence-corrected chi connectivity index (χ2v) is 5.58. The van der Waals surface area contributed by atoms with Crippen molar-refractivity contribution in [3.63, 3.8) is 0 Å². The third kappa shape index (κ3) is 1.36. The molecule has 0 amide bonds. The van der Waals surface area contributed by atoms with Gasteiger partial charge in [-0.1, -0.05) is 30.3 Å². The fourth-order valence-corrected chi connectivity index (χ4v) is 3.61. The molecule has 0 spiro atoms. The van der Waals surface area contributed by atoms with E-state index in [1.165, 1.54) is 0 Å². The summed E-state index contributed by atoms with van der Waals surface area (Å²) in [5.41, 5.74) is 1.04. The summed E-state index contributed by atoms with van der Waals surface area (Å²) in [5, 5.41) is 0. The first-order valence-corrected chi connectivity index (χ1v) is 6.85. The summed E-state index contributed by atoms with van der Waals surface area (Å²) in [6.07, 6.45) is 1.14. The van der Waals surface area contributed by atoms with Gasteiger partial charge in [0.05, 0.1) is 23.5 Å². The van der Waals surface area contributed by atoms with Crippen molar-refractivity contribution >= 4 is 11.8 Å². The van der Waals surface area contributed by atoms with E-state index < -0.39 is 11.3 Å². The van der Waals surface area contributed by atoms with Crippen LogP contribution in [0, 0.1) is 5.92 Å². The normalized spacial score (nSPS) is 31.7. The Morgan fingerprint density at radius 3 is 2.70 bits per heavy atom. The highest BCUT2D eigenvalue weighted by molar-refractivity contribution is 6.03. The molecule has 1 aliphatic carbocycles. The number of hydrogen-bond acceptors (Lipinski definition) is 4. The minimum atomic E-state index is -0.465. The number of carbonyl (C=O) groups excluding carboxylic acids is 2. The first kappa shape index (κ1) is 11.7. The van der Waals surface area contributed by atoms with Crippen LogP contribution in [0.4, 0.5) is 0 Å². The third-order valence-corrected chi connectivity index (χ3v) is 4.60. The zero-order valence-electron chi connectivity index (χ0n) is 10.9. The average molecular weight is 270 g/mol. The number of fused-ring (bicyclic) bond motifs is 2. The van der Waals surface area contributed by atoms with Gasteiger partial charge in [0.2, 0.25) is 0 Å². The van der Waals surface area contributed by atoms with E-state index in [1.807, 2.05) is 30.3 Å². The predicted molar refractivity (Wildman–Crippen MR) is 69.8 cm³/mol. The predicted octanol–water partition coefficient (Wildman–Crippen LogP) is 1.74. The summed E-state index contributed by atoms with van der Waals surface area (Å²) in [4.78, 5) is 24.4. The van der Waals surface area contributed by atoms with Crippen LogP contribution in [0.5, 0.6) is 0 Å². The number of esters is 1. The van der Waals surface area contributed by atoms with E-state index in [4.69, 9.17) is 9.47 Å². The third-order valence-electron chi connectivity index (χ3n) is 4.60. The van der Waals surface area contributed by atoms with Gasteiger partial charge in [-0.2, -0.15) is 0 Å². The fourth-order valence-electron chi connectivity index (χ4n) is 3.61. The molecule has 4 heteroatoms. The van der Waals surface area contributed by atoms with E-state index in [0.29, 0.717) is 24.4 Å². The van der Waals surface area contributed by atoms with Crippen LogP contribution in [0.1, 0.15) is 18.4 Å². The van der Waals surface area contributed by atoms with Gasteiger partial charge in [0.15, 0.2) is 0 Å². The van der Waals surface area contributed by atoms with Crippen LogP contribution in [-0.2, 0) is 24.5 Å². The average Bonchev–Trinajstić information content (AvgIpc) is 3.05. The largest absolute Gasteiger partial charge is 0.496 e. The quantitative estimate of drug-likeness (QED) is 0.729. The summed E-state index contributed by atoms with van der Waals surface area (Å²) in [7, 11) is 0.